The molecule has 0 amide bonds. The zero-order valence-corrected chi connectivity index (χ0v) is 12.0. The fraction of sp³-hybridized carbons (Fsp3) is 0.385. The van der Waals surface area contributed by atoms with Gasteiger partial charge in [0.2, 0.25) is 0 Å². The summed E-state index contributed by atoms with van der Waals surface area (Å²) in [7, 11) is -1.51. The molecule has 1 rings (SSSR count). The summed E-state index contributed by atoms with van der Waals surface area (Å²) in [5.74, 6) is 0. The number of alkyl halides is 3. The van der Waals surface area contributed by atoms with E-state index >= 15 is 0 Å². The molecule has 1 nitrogen and oxygen atoms in total. The van der Waals surface area contributed by atoms with Crippen molar-refractivity contribution in [3.8, 4) is 0 Å². The Bertz CT molecular complexity index is 427. The molecule has 0 atom stereocenters. The van der Waals surface area contributed by atoms with Gasteiger partial charge in [-0.2, -0.15) is 13.2 Å². The highest BCUT2D eigenvalue weighted by atomic mass is 28.3. The minimum Gasteiger partial charge on any atom is -0.411 e. The third-order valence-electron chi connectivity index (χ3n) is 2.32. The van der Waals surface area contributed by atoms with Crippen LogP contribution in [0.1, 0.15) is 18.1 Å². The lowest BCUT2D eigenvalue weighted by Crippen LogP contribution is -2.39. The summed E-state index contributed by atoms with van der Waals surface area (Å²) in [5.41, 5.74) is 1.06. The van der Waals surface area contributed by atoms with E-state index in [1.807, 2.05) is 13.0 Å². The van der Waals surface area contributed by atoms with Crippen molar-refractivity contribution < 1.29 is 13.2 Å². The van der Waals surface area contributed by atoms with Crippen LogP contribution in [0.3, 0.4) is 0 Å². The Morgan fingerprint density at radius 3 is 1.94 bits per heavy atom. The molecule has 0 aliphatic carbocycles. The number of allylic oxidation sites excluding steroid dienone is 1. The monoisotopic (exact) mass is 273 g/mol. The van der Waals surface area contributed by atoms with Crippen LogP contribution >= 0.6 is 0 Å². The van der Waals surface area contributed by atoms with Crippen LogP contribution in [0.15, 0.2) is 30.3 Å². The Morgan fingerprint density at radius 1 is 1.11 bits per heavy atom. The van der Waals surface area contributed by atoms with Crippen LogP contribution in [0, 0.1) is 0 Å². The summed E-state index contributed by atoms with van der Waals surface area (Å²) in [4.78, 5) is 3.40. The quantitative estimate of drug-likeness (QED) is 0.800. The van der Waals surface area contributed by atoms with E-state index in [9.17, 15) is 13.2 Å². The molecule has 0 bridgehead atoms. The van der Waals surface area contributed by atoms with E-state index in [-0.39, 0.29) is 0 Å². The molecule has 0 aromatic heterocycles. The first-order valence-electron chi connectivity index (χ1n) is 5.75. The van der Waals surface area contributed by atoms with Crippen molar-refractivity contribution in [2.75, 3.05) is 0 Å². The van der Waals surface area contributed by atoms with Gasteiger partial charge >= 0.3 is 6.18 Å². The third kappa shape index (κ3) is 4.22. The molecule has 0 aliphatic rings. The normalized spacial score (nSPS) is 13.6. The third-order valence-corrected chi connectivity index (χ3v) is 3.34. The van der Waals surface area contributed by atoms with E-state index in [1.165, 1.54) is 12.1 Å². The van der Waals surface area contributed by atoms with Crippen LogP contribution in [-0.2, 0) is 6.18 Å². The number of hydrogen-bond donors (Lipinski definition) is 1. The van der Waals surface area contributed by atoms with Crippen molar-refractivity contribution >= 4 is 13.9 Å². The van der Waals surface area contributed by atoms with Crippen LogP contribution in [0.4, 0.5) is 13.2 Å². The topological polar surface area (TPSA) is 12.0 Å². The predicted octanol–water partition coefficient (Wildman–Crippen LogP) is 4.49. The molecule has 0 saturated carbocycles. The number of hydrogen-bond acceptors (Lipinski definition) is 1. The minimum absolute atomic E-state index is 0.616. The van der Waals surface area contributed by atoms with Gasteiger partial charge in [0.15, 0.2) is 0 Å². The Morgan fingerprint density at radius 2 is 1.61 bits per heavy atom. The van der Waals surface area contributed by atoms with Gasteiger partial charge in [0.1, 0.15) is 8.24 Å². The van der Waals surface area contributed by atoms with E-state index < -0.39 is 20.0 Å². The van der Waals surface area contributed by atoms with Gasteiger partial charge in [0.25, 0.3) is 0 Å². The zero-order chi connectivity index (χ0) is 14.0. The highest BCUT2D eigenvalue weighted by Crippen LogP contribution is 2.29. The second-order valence-electron chi connectivity index (χ2n) is 5.15. The van der Waals surface area contributed by atoms with Crippen molar-refractivity contribution in [2.24, 2.45) is 0 Å². The Hall–Kier alpha value is -1.23. The largest absolute Gasteiger partial charge is 0.416 e. The summed E-state index contributed by atoms with van der Waals surface area (Å²) in [6.45, 7) is 8.29. The van der Waals surface area contributed by atoms with Crippen molar-refractivity contribution in [1.82, 2.24) is 4.98 Å². The van der Waals surface area contributed by atoms with Crippen molar-refractivity contribution in [1.29, 1.82) is 0 Å². The molecule has 1 aromatic carbocycles. The highest BCUT2D eigenvalue weighted by molar-refractivity contribution is 6.74. The number of nitrogens with one attached hydrogen (secondary N) is 1. The molecule has 0 unspecified atom stereocenters. The summed E-state index contributed by atoms with van der Waals surface area (Å²) in [5, 5.41) is 0. The van der Waals surface area contributed by atoms with Gasteiger partial charge in [-0.05, 0) is 24.6 Å². The fourth-order valence-corrected chi connectivity index (χ4v) is 2.65. The van der Waals surface area contributed by atoms with E-state index in [4.69, 9.17) is 0 Å². The zero-order valence-electron chi connectivity index (χ0n) is 11.0. The molecular formula is C13H18F3NSi. The smallest absolute Gasteiger partial charge is 0.411 e. The van der Waals surface area contributed by atoms with Gasteiger partial charge in [-0.25, -0.2) is 0 Å². The van der Waals surface area contributed by atoms with Crippen molar-refractivity contribution in [3.63, 3.8) is 0 Å². The number of halogens is 3. The van der Waals surface area contributed by atoms with Gasteiger partial charge in [-0.1, -0.05) is 37.8 Å². The molecule has 0 fully saturated rings. The molecule has 100 valence electrons. The maximum absolute atomic E-state index is 12.5. The standard InChI is InChI=1S/C13H18F3NSi/c1-5-12(17-18(2,3)4)10-6-8-11(9-7-10)13(14,15)16/h5-9,17H,1-4H3/b12-5-. The summed E-state index contributed by atoms with van der Waals surface area (Å²) >= 11 is 0. The molecule has 1 aromatic rings. The van der Waals surface area contributed by atoms with Crippen molar-refractivity contribution in [2.45, 2.75) is 32.7 Å². The summed E-state index contributed by atoms with van der Waals surface area (Å²) in [6, 6.07) is 5.24. The molecule has 18 heavy (non-hydrogen) atoms. The molecule has 0 heterocycles. The van der Waals surface area contributed by atoms with Crippen LogP contribution in [-0.4, -0.2) is 8.24 Å². The van der Waals surface area contributed by atoms with Gasteiger partial charge in [-0.15, -0.1) is 0 Å². The second-order valence-corrected chi connectivity index (χ2v) is 9.90. The first-order valence-corrected chi connectivity index (χ1v) is 9.25. The Kier molecular flexibility index (Phi) is 4.27. The van der Waals surface area contributed by atoms with E-state index in [0.717, 1.165) is 23.4 Å². The number of rotatable bonds is 3. The fourth-order valence-electron chi connectivity index (χ4n) is 1.55. The Balaban J connectivity index is 2.97. The maximum Gasteiger partial charge on any atom is 0.416 e. The predicted molar refractivity (Wildman–Crippen MR) is 71.6 cm³/mol. The van der Waals surface area contributed by atoms with E-state index in [2.05, 4.69) is 24.6 Å². The molecular weight excluding hydrogens is 255 g/mol. The highest BCUT2D eigenvalue weighted by Gasteiger charge is 2.30. The molecule has 0 radical (unpaired) electrons. The number of benzene rings is 1. The van der Waals surface area contributed by atoms with Crippen LogP contribution in [0.5, 0.6) is 0 Å². The van der Waals surface area contributed by atoms with Crippen molar-refractivity contribution in [3.05, 3.63) is 41.5 Å². The summed E-state index contributed by atoms with van der Waals surface area (Å²) in [6.07, 6.45) is -2.39. The molecule has 0 aliphatic heterocycles. The van der Waals surface area contributed by atoms with E-state index in [1.54, 1.807) is 0 Å². The first-order chi connectivity index (χ1) is 8.13. The lowest BCUT2D eigenvalue weighted by atomic mass is 10.1. The summed E-state index contributed by atoms with van der Waals surface area (Å²) < 4.78 is 37.4. The first kappa shape index (κ1) is 14.8. The second kappa shape index (κ2) is 5.18. The molecule has 0 saturated heterocycles. The van der Waals surface area contributed by atoms with Gasteiger partial charge < -0.3 is 4.98 Å². The SMILES string of the molecule is C/C=C(\N[Si](C)(C)C)c1ccc(C(F)(F)F)cc1. The average molecular weight is 273 g/mol. The lowest BCUT2D eigenvalue weighted by molar-refractivity contribution is -0.137. The van der Waals surface area contributed by atoms with E-state index in [0.29, 0.717) is 0 Å². The van der Waals surface area contributed by atoms with Crippen LogP contribution in [0.2, 0.25) is 19.6 Å². The Labute approximate surface area is 107 Å². The average Bonchev–Trinajstić information content (AvgIpc) is 2.24. The van der Waals surface area contributed by atoms with Gasteiger partial charge in [-0.3, -0.25) is 0 Å². The molecule has 1 N–H and O–H groups in total. The van der Waals surface area contributed by atoms with Gasteiger partial charge in [0, 0.05) is 5.70 Å². The van der Waals surface area contributed by atoms with Crippen LogP contribution < -0.4 is 4.98 Å². The van der Waals surface area contributed by atoms with Crippen LogP contribution in [0.25, 0.3) is 5.70 Å². The lowest BCUT2D eigenvalue weighted by Gasteiger charge is -2.22. The molecule has 0 spiro atoms. The maximum atomic E-state index is 12.5. The molecule has 5 heteroatoms. The minimum atomic E-state index is -4.28. The van der Waals surface area contributed by atoms with Gasteiger partial charge in [0.05, 0.1) is 5.56 Å².